The van der Waals surface area contributed by atoms with Crippen LogP contribution in [-0.2, 0) is 62.1 Å². The second-order valence-electron chi connectivity index (χ2n) is 7.22. The van der Waals surface area contributed by atoms with Crippen LogP contribution >= 0.6 is 0 Å². The van der Waals surface area contributed by atoms with Gasteiger partial charge in [-0.1, -0.05) is 53.4 Å². The van der Waals surface area contributed by atoms with E-state index in [1.165, 1.54) is 13.8 Å². The van der Waals surface area contributed by atoms with Crippen molar-refractivity contribution in [3.63, 3.8) is 0 Å². The van der Waals surface area contributed by atoms with E-state index in [-0.39, 0.29) is 39.1 Å². The van der Waals surface area contributed by atoms with Gasteiger partial charge in [-0.2, -0.15) is 0 Å². The van der Waals surface area contributed by atoms with Crippen LogP contribution in [0, 0.1) is 0 Å². The van der Waals surface area contributed by atoms with Gasteiger partial charge in [0.2, 0.25) is 11.8 Å². The van der Waals surface area contributed by atoms with Crippen LogP contribution in [0.4, 0.5) is 0 Å². The predicted molar refractivity (Wildman–Crippen MR) is 134 cm³/mol. The largest absolute Gasteiger partial charge is 2.00 e. The molecule has 0 saturated carbocycles. The van der Waals surface area contributed by atoms with E-state index in [2.05, 4.69) is 37.7 Å². The molecule has 0 bridgehead atoms. The summed E-state index contributed by atoms with van der Waals surface area (Å²) in [5.74, 6) is -0.420. The predicted octanol–water partition coefficient (Wildman–Crippen LogP) is 4.67. The van der Waals surface area contributed by atoms with Gasteiger partial charge in [0.1, 0.15) is 0 Å². The molecule has 9 heteroatoms. The van der Waals surface area contributed by atoms with Crippen molar-refractivity contribution in [1.82, 2.24) is 9.80 Å². The Morgan fingerprint density at radius 3 is 1.00 bits per heavy atom. The maximum absolute atomic E-state index is 10.8. The molecular weight excluding hydrogens is 529 g/mol. The summed E-state index contributed by atoms with van der Waals surface area (Å²) in [5, 5.41) is 0.897. The molecule has 0 spiro atoms. The first-order valence-electron chi connectivity index (χ1n) is 11.3. The van der Waals surface area contributed by atoms with Crippen molar-refractivity contribution in [2.45, 2.75) is 92.9 Å². The van der Waals surface area contributed by atoms with E-state index in [0.717, 1.165) is 77.5 Å². The molecule has 0 aromatic rings. The Hall–Kier alpha value is -0.358. The smallest absolute Gasteiger partial charge is 0.742 e. The second kappa shape index (κ2) is 24.3. The molecule has 6 nitrogen and oxygen atoms in total. The maximum Gasteiger partial charge on any atom is 2.00 e. The number of amides is 2. The van der Waals surface area contributed by atoms with Gasteiger partial charge in [-0.15, -0.1) is 0 Å². The van der Waals surface area contributed by atoms with Gasteiger partial charge in [0.05, 0.1) is 0 Å². The summed E-state index contributed by atoms with van der Waals surface area (Å²) in [6.07, 6.45) is 8.90. The van der Waals surface area contributed by atoms with Crippen LogP contribution in [0.5, 0.6) is 0 Å². The van der Waals surface area contributed by atoms with Crippen LogP contribution in [0.3, 0.4) is 0 Å². The summed E-state index contributed by atoms with van der Waals surface area (Å²) in [6.45, 7) is 15.1. The number of carbonyl (C=O) groups is 2. The average Bonchev–Trinajstić information content (AvgIpc) is 2.67. The molecule has 0 saturated heterocycles. The van der Waals surface area contributed by atoms with Gasteiger partial charge in [0, 0.05) is 40.0 Å². The van der Waals surface area contributed by atoms with Gasteiger partial charge in [0.25, 0.3) is 0 Å². The molecule has 0 unspecified atom stereocenters. The van der Waals surface area contributed by atoms with Gasteiger partial charge < -0.3 is 35.1 Å². The van der Waals surface area contributed by atoms with E-state index in [1.54, 1.807) is 0 Å². The number of rotatable bonds is 12. The summed E-state index contributed by atoms with van der Waals surface area (Å²) in [4.78, 5) is 33.3. The fourth-order valence-electron chi connectivity index (χ4n) is 2.41. The molecule has 0 aliphatic carbocycles. The first-order valence-corrected chi connectivity index (χ1v) is 12.1. The molecular formula is C22H42CdN4O2S2. The number of hydrogen-bond donors (Lipinski definition) is 0. The van der Waals surface area contributed by atoms with Crippen molar-refractivity contribution >= 4 is 47.4 Å². The van der Waals surface area contributed by atoms with E-state index >= 15 is 0 Å². The minimum absolute atomic E-state index is 0. The number of nitrogens with zero attached hydrogens (tertiary/aromatic N) is 4. The van der Waals surface area contributed by atoms with E-state index in [1.807, 2.05) is 9.80 Å². The van der Waals surface area contributed by atoms with Crippen molar-refractivity contribution in [2.75, 3.05) is 26.2 Å². The summed E-state index contributed by atoms with van der Waals surface area (Å²) >= 11 is 10.2. The Morgan fingerprint density at radius 1 is 0.613 bits per heavy atom. The SMILES string of the molecule is CCCCN(CCCC)C([S-])=NC(C)=O.CCCCN(CCCC)C([S-])=NC(C)=O.[Cd+2]. The molecule has 0 aliphatic heterocycles. The van der Waals surface area contributed by atoms with Crippen molar-refractivity contribution in [2.24, 2.45) is 9.98 Å². The Morgan fingerprint density at radius 2 is 0.839 bits per heavy atom. The molecule has 2 amide bonds. The Labute approximate surface area is 222 Å². The monoisotopic (exact) mass is 572 g/mol. The molecule has 31 heavy (non-hydrogen) atoms. The third kappa shape index (κ3) is 22.6. The van der Waals surface area contributed by atoms with Crippen LogP contribution in [0.2, 0.25) is 0 Å². The van der Waals surface area contributed by atoms with Crippen LogP contribution in [0.25, 0.3) is 0 Å². The van der Waals surface area contributed by atoms with Crippen molar-refractivity contribution in [3.05, 3.63) is 0 Å². The fraction of sp³-hybridized carbons (Fsp3) is 0.818. The number of amidine groups is 2. The molecule has 0 fully saturated rings. The van der Waals surface area contributed by atoms with Crippen LogP contribution in [0.15, 0.2) is 9.98 Å². The summed E-state index contributed by atoms with van der Waals surface area (Å²) < 4.78 is 0. The van der Waals surface area contributed by atoms with Crippen molar-refractivity contribution in [1.29, 1.82) is 0 Å². The molecule has 0 atom stereocenters. The fourth-order valence-corrected chi connectivity index (χ4v) is 3.04. The number of aliphatic imine (C=N–C) groups is 2. The van der Waals surface area contributed by atoms with E-state index in [0.29, 0.717) is 10.3 Å². The summed E-state index contributed by atoms with van der Waals surface area (Å²) in [7, 11) is 0. The van der Waals surface area contributed by atoms with Crippen LogP contribution < -0.4 is 0 Å². The average molecular weight is 571 g/mol. The third-order valence-corrected chi connectivity index (χ3v) is 4.87. The maximum atomic E-state index is 10.8. The van der Waals surface area contributed by atoms with Gasteiger partial charge in [-0.05, 0) is 36.0 Å². The third-order valence-electron chi connectivity index (χ3n) is 4.17. The minimum atomic E-state index is -0.210. The van der Waals surface area contributed by atoms with E-state index in [9.17, 15) is 9.59 Å². The zero-order valence-corrected chi connectivity index (χ0v) is 26.3. The Kier molecular flexibility index (Phi) is 27.6. The second-order valence-corrected chi connectivity index (χ2v) is 7.95. The number of hydrogen-bond acceptors (Lipinski definition) is 4. The Balaban J connectivity index is -0.000000490. The molecule has 0 radical (unpaired) electrons. The first-order chi connectivity index (χ1) is 14.2. The standard InChI is InChI=1S/2C11H22N2OS.Cd/c2*1-4-6-8-13(9-7-5-2)11(15)12-10(3)14;/h2*4-9H2,1-3H3,(H,12,14,15);/q;;+2/p-2. The number of carbonyl (C=O) groups excluding carboxylic acids is 2. The zero-order valence-electron chi connectivity index (χ0n) is 20.6. The molecule has 0 aliphatic rings. The topological polar surface area (TPSA) is 65.3 Å². The minimum Gasteiger partial charge on any atom is -0.742 e. The summed E-state index contributed by atoms with van der Waals surface area (Å²) in [6, 6.07) is 0. The molecule has 0 rings (SSSR count). The molecule has 0 heterocycles. The van der Waals surface area contributed by atoms with Gasteiger partial charge >= 0.3 is 27.3 Å². The van der Waals surface area contributed by atoms with E-state index in [4.69, 9.17) is 25.3 Å². The van der Waals surface area contributed by atoms with Crippen LogP contribution in [0.1, 0.15) is 92.9 Å². The Bertz CT molecular complexity index is 470. The van der Waals surface area contributed by atoms with Gasteiger partial charge in [0.15, 0.2) is 0 Å². The molecule has 176 valence electrons. The van der Waals surface area contributed by atoms with Gasteiger partial charge in [-0.25, -0.2) is 9.98 Å². The summed E-state index contributed by atoms with van der Waals surface area (Å²) in [5.41, 5.74) is 0. The van der Waals surface area contributed by atoms with E-state index < -0.39 is 0 Å². The van der Waals surface area contributed by atoms with Gasteiger partial charge in [-0.3, -0.25) is 9.59 Å². The van der Waals surface area contributed by atoms with Crippen LogP contribution in [-0.4, -0.2) is 58.1 Å². The molecule has 0 aromatic heterocycles. The first kappa shape index (κ1) is 35.2. The van der Waals surface area contributed by atoms with Crippen molar-refractivity contribution < 1.29 is 36.9 Å². The molecule has 0 aromatic carbocycles. The zero-order chi connectivity index (χ0) is 23.4. The molecule has 0 N–H and O–H groups in total. The quantitative estimate of drug-likeness (QED) is 0.147. The normalized spacial score (nSPS) is 11.2. The number of unbranched alkanes of at least 4 members (excludes halogenated alkanes) is 4. The van der Waals surface area contributed by atoms with Crippen molar-refractivity contribution in [3.8, 4) is 0 Å².